The Morgan fingerprint density at radius 1 is 1.37 bits per heavy atom. The summed E-state index contributed by atoms with van der Waals surface area (Å²) < 4.78 is 5.35. The fraction of sp³-hybridized carbons (Fsp3) is 0.286. The molecule has 0 aromatic carbocycles. The van der Waals surface area contributed by atoms with Gasteiger partial charge in [0.25, 0.3) is 0 Å². The number of nitrogens with one attached hydrogen (secondary N) is 1. The van der Waals surface area contributed by atoms with Crippen LogP contribution in [0.2, 0.25) is 0 Å². The van der Waals surface area contributed by atoms with Crippen LogP contribution in [-0.2, 0) is 6.42 Å². The van der Waals surface area contributed by atoms with Crippen LogP contribution in [-0.4, -0.2) is 17.1 Å². The molecule has 0 aliphatic rings. The molecule has 2 rings (SSSR count). The number of aryl methyl sites for hydroxylation is 1. The minimum atomic E-state index is -0.214. The Hall–Kier alpha value is -1.98. The summed E-state index contributed by atoms with van der Waals surface area (Å²) in [5.41, 5.74) is 5.79. The molecule has 1 atom stereocenters. The monoisotopic (exact) mass is 258 g/mol. The van der Waals surface area contributed by atoms with E-state index >= 15 is 0 Å². The summed E-state index contributed by atoms with van der Waals surface area (Å²) in [6, 6.07) is 5.45. The van der Waals surface area contributed by atoms with Crippen LogP contribution in [0.4, 0.5) is 0 Å². The highest BCUT2D eigenvalue weighted by Gasteiger charge is 2.20. The van der Waals surface area contributed by atoms with Gasteiger partial charge in [-0.15, -0.1) is 0 Å². The van der Waals surface area contributed by atoms with Crippen molar-refractivity contribution in [3.05, 3.63) is 53.6 Å². The zero-order valence-corrected chi connectivity index (χ0v) is 11.1. The number of pyridine rings is 2. The zero-order chi connectivity index (χ0) is 13.7. The number of hydrogen-bond donors (Lipinski definition) is 2. The van der Waals surface area contributed by atoms with Gasteiger partial charge in [0, 0.05) is 18.6 Å². The van der Waals surface area contributed by atoms with E-state index in [2.05, 4.69) is 22.3 Å². The van der Waals surface area contributed by atoms with Crippen LogP contribution >= 0.6 is 0 Å². The Labute approximate surface area is 112 Å². The smallest absolute Gasteiger partial charge is 0.142 e. The number of ether oxygens (including phenoxy) is 1. The first-order valence-corrected chi connectivity index (χ1v) is 6.19. The SMILES string of the molecule is CCc1cnccc1C(NN)c1ncccc1OC. The standard InChI is InChI=1S/C14H18N4O/c1-3-10-9-16-8-6-11(10)13(18-15)14-12(19-2)5-4-7-17-14/h4-9,13,18H,3,15H2,1-2H3. The van der Waals surface area contributed by atoms with E-state index in [0.29, 0.717) is 5.75 Å². The highest BCUT2D eigenvalue weighted by Crippen LogP contribution is 2.29. The normalized spacial score (nSPS) is 12.2. The molecule has 1 unspecified atom stereocenters. The number of hydrazine groups is 1. The average Bonchev–Trinajstić information content (AvgIpc) is 2.49. The topological polar surface area (TPSA) is 73.1 Å². The molecule has 0 saturated heterocycles. The predicted octanol–water partition coefficient (Wildman–Crippen LogP) is 1.60. The van der Waals surface area contributed by atoms with Crippen molar-refractivity contribution in [2.75, 3.05) is 7.11 Å². The molecule has 19 heavy (non-hydrogen) atoms. The van der Waals surface area contributed by atoms with Crippen LogP contribution in [0, 0.1) is 0 Å². The van der Waals surface area contributed by atoms with E-state index in [9.17, 15) is 0 Å². The first-order chi connectivity index (χ1) is 9.31. The van der Waals surface area contributed by atoms with Crippen LogP contribution in [0.1, 0.15) is 29.8 Å². The summed E-state index contributed by atoms with van der Waals surface area (Å²) in [6.45, 7) is 2.09. The Balaban J connectivity index is 2.50. The summed E-state index contributed by atoms with van der Waals surface area (Å²) in [7, 11) is 1.63. The molecule has 2 heterocycles. The third-order valence-corrected chi connectivity index (χ3v) is 3.09. The van der Waals surface area contributed by atoms with Crippen molar-refractivity contribution in [3.8, 4) is 5.75 Å². The number of nitrogens with zero attached hydrogens (tertiary/aromatic N) is 2. The van der Waals surface area contributed by atoms with E-state index in [4.69, 9.17) is 10.6 Å². The van der Waals surface area contributed by atoms with E-state index in [1.54, 1.807) is 19.5 Å². The number of hydrogen-bond acceptors (Lipinski definition) is 5. The molecule has 5 heteroatoms. The van der Waals surface area contributed by atoms with Crippen molar-refractivity contribution < 1.29 is 4.74 Å². The Morgan fingerprint density at radius 3 is 2.89 bits per heavy atom. The highest BCUT2D eigenvalue weighted by atomic mass is 16.5. The summed E-state index contributed by atoms with van der Waals surface area (Å²) in [5.74, 6) is 6.43. The van der Waals surface area contributed by atoms with Gasteiger partial charge in [0.15, 0.2) is 0 Å². The molecule has 0 fully saturated rings. The van der Waals surface area contributed by atoms with Crippen molar-refractivity contribution in [2.24, 2.45) is 5.84 Å². The van der Waals surface area contributed by atoms with Gasteiger partial charge in [-0.3, -0.25) is 15.8 Å². The van der Waals surface area contributed by atoms with Crippen LogP contribution in [0.25, 0.3) is 0 Å². The van der Waals surface area contributed by atoms with Crippen LogP contribution in [0.15, 0.2) is 36.8 Å². The van der Waals surface area contributed by atoms with Crippen molar-refractivity contribution in [3.63, 3.8) is 0 Å². The fourth-order valence-corrected chi connectivity index (χ4v) is 2.12. The zero-order valence-electron chi connectivity index (χ0n) is 11.1. The third-order valence-electron chi connectivity index (χ3n) is 3.09. The highest BCUT2D eigenvalue weighted by molar-refractivity contribution is 5.39. The number of rotatable bonds is 5. The predicted molar refractivity (Wildman–Crippen MR) is 73.6 cm³/mol. The summed E-state index contributed by atoms with van der Waals surface area (Å²) in [4.78, 5) is 8.53. The van der Waals surface area contributed by atoms with Gasteiger partial charge in [-0.25, -0.2) is 5.43 Å². The van der Waals surface area contributed by atoms with Crippen molar-refractivity contribution in [1.82, 2.24) is 15.4 Å². The molecule has 0 saturated carbocycles. The molecule has 2 aromatic heterocycles. The Morgan fingerprint density at radius 2 is 2.21 bits per heavy atom. The quantitative estimate of drug-likeness (QED) is 0.629. The second-order valence-corrected chi connectivity index (χ2v) is 4.12. The van der Waals surface area contributed by atoms with Gasteiger partial charge < -0.3 is 4.74 Å². The lowest BCUT2D eigenvalue weighted by Crippen LogP contribution is -2.30. The fourth-order valence-electron chi connectivity index (χ4n) is 2.12. The first-order valence-electron chi connectivity index (χ1n) is 6.19. The molecule has 5 nitrogen and oxygen atoms in total. The Kier molecular flexibility index (Phi) is 4.43. The maximum atomic E-state index is 5.72. The van der Waals surface area contributed by atoms with Gasteiger partial charge in [0.1, 0.15) is 11.4 Å². The number of nitrogens with two attached hydrogens (primary N) is 1. The molecule has 2 aromatic rings. The lowest BCUT2D eigenvalue weighted by Gasteiger charge is -2.20. The van der Waals surface area contributed by atoms with Crippen molar-refractivity contribution >= 4 is 0 Å². The lowest BCUT2D eigenvalue weighted by molar-refractivity contribution is 0.400. The van der Waals surface area contributed by atoms with E-state index < -0.39 is 0 Å². The first kappa shape index (κ1) is 13.5. The van der Waals surface area contributed by atoms with Gasteiger partial charge in [-0.05, 0) is 35.7 Å². The largest absolute Gasteiger partial charge is 0.495 e. The van der Waals surface area contributed by atoms with E-state index in [1.165, 1.54) is 0 Å². The van der Waals surface area contributed by atoms with Crippen LogP contribution in [0.3, 0.4) is 0 Å². The Bertz CT molecular complexity index is 497. The third kappa shape index (κ3) is 2.72. The summed E-state index contributed by atoms with van der Waals surface area (Å²) in [6.07, 6.45) is 6.23. The minimum Gasteiger partial charge on any atom is -0.495 e. The molecule has 0 aliphatic carbocycles. The van der Waals surface area contributed by atoms with E-state index in [1.807, 2.05) is 24.4 Å². The summed E-state index contributed by atoms with van der Waals surface area (Å²) >= 11 is 0. The van der Waals surface area contributed by atoms with Crippen molar-refractivity contribution in [2.45, 2.75) is 19.4 Å². The van der Waals surface area contributed by atoms with Crippen LogP contribution in [0.5, 0.6) is 5.75 Å². The molecular weight excluding hydrogens is 240 g/mol. The molecule has 0 radical (unpaired) electrons. The molecule has 100 valence electrons. The molecule has 0 bridgehead atoms. The molecular formula is C14H18N4O. The van der Waals surface area contributed by atoms with Gasteiger partial charge in [-0.1, -0.05) is 6.92 Å². The number of methoxy groups -OCH3 is 1. The molecule has 0 amide bonds. The minimum absolute atomic E-state index is 0.214. The molecule has 0 spiro atoms. The summed E-state index contributed by atoms with van der Waals surface area (Å²) in [5, 5.41) is 0. The average molecular weight is 258 g/mol. The van der Waals surface area contributed by atoms with E-state index in [-0.39, 0.29) is 6.04 Å². The maximum absolute atomic E-state index is 5.72. The maximum Gasteiger partial charge on any atom is 0.142 e. The van der Waals surface area contributed by atoms with Gasteiger partial charge in [0.2, 0.25) is 0 Å². The molecule has 3 N–H and O–H groups in total. The van der Waals surface area contributed by atoms with Crippen molar-refractivity contribution in [1.29, 1.82) is 0 Å². The van der Waals surface area contributed by atoms with E-state index in [0.717, 1.165) is 23.2 Å². The lowest BCUT2D eigenvalue weighted by atomic mass is 9.98. The number of aromatic nitrogens is 2. The van der Waals surface area contributed by atoms with Gasteiger partial charge in [0.05, 0.1) is 13.2 Å². The second kappa shape index (κ2) is 6.26. The second-order valence-electron chi connectivity index (χ2n) is 4.12. The van der Waals surface area contributed by atoms with Gasteiger partial charge >= 0.3 is 0 Å². The van der Waals surface area contributed by atoms with Gasteiger partial charge in [-0.2, -0.15) is 0 Å². The van der Waals surface area contributed by atoms with Crippen LogP contribution < -0.4 is 16.0 Å². The molecule has 0 aliphatic heterocycles.